The van der Waals surface area contributed by atoms with Gasteiger partial charge in [-0.25, -0.2) is 0 Å². The normalized spacial score (nSPS) is 14.0. The Kier molecular flexibility index (Phi) is 50.7. The van der Waals surface area contributed by atoms with Crippen molar-refractivity contribution < 1.29 is 24.5 Å². The Morgan fingerprint density at radius 3 is 1.27 bits per heavy atom. The van der Waals surface area contributed by atoms with Gasteiger partial charge in [0.2, 0.25) is 5.91 Å². The highest BCUT2D eigenvalue weighted by atomic mass is 16.5. The molecule has 6 nitrogen and oxygen atoms in total. The van der Waals surface area contributed by atoms with Crippen LogP contribution in [0.2, 0.25) is 0 Å². The molecule has 0 aliphatic rings. The summed E-state index contributed by atoms with van der Waals surface area (Å²) in [6, 6.07) is -0.760. The average Bonchev–Trinajstić information content (AvgIpc) is 3.32. The van der Waals surface area contributed by atoms with Gasteiger partial charge < -0.3 is 20.3 Å². The maximum Gasteiger partial charge on any atom is 0.306 e. The Morgan fingerprint density at radius 2 is 0.836 bits per heavy atom. The van der Waals surface area contributed by atoms with Crippen LogP contribution in [0, 0.1) is 0 Å². The van der Waals surface area contributed by atoms with Crippen molar-refractivity contribution in [1.82, 2.24) is 5.32 Å². The molecule has 0 aliphatic heterocycles. The summed E-state index contributed by atoms with van der Waals surface area (Å²) in [5.41, 5.74) is 0. The van der Waals surface area contributed by atoms with Gasteiger partial charge in [-0.15, -0.1) is 0 Å². The predicted molar refractivity (Wildman–Crippen MR) is 291 cm³/mol. The van der Waals surface area contributed by atoms with Crippen LogP contribution in [-0.4, -0.2) is 46.9 Å². The topological polar surface area (TPSA) is 95.9 Å². The van der Waals surface area contributed by atoms with Crippen molar-refractivity contribution in [2.45, 2.75) is 257 Å². The number of aliphatic hydroxyl groups excluding tert-OH is 2. The second-order valence-corrected chi connectivity index (χ2v) is 18.2. The number of carbonyl (C=O) groups is 2. The minimum absolute atomic E-state index is 0.0734. The van der Waals surface area contributed by atoms with Gasteiger partial charge in [0.15, 0.2) is 0 Å². The molecule has 0 bridgehead atoms. The van der Waals surface area contributed by atoms with Gasteiger partial charge in [0.05, 0.1) is 25.2 Å². The van der Waals surface area contributed by atoms with E-state index in [1.54, 1.807) is 6.08 Å². The molecule has 0 saturated heterocycles. The van der Waals surface area contributed by atoms with E-state index in [-0.39, 0.29) is 31.3 Å². The quantitative estimate of drug-likeness (QED) is 0.0321. The number of unbranched alkanes of at least 4 members (excludes halogenated alkanes) is 20. The van der Waals surface area contributed by atoms with E-state index in [0.717, 1.165) is 70.6 Å². The molecule has 0 aromatic heterocycles. The molecular weight excluding hydrogens is 827 g/mol. The van der Waals surface area contributed by atoms with E-state index < -0.39 is 18.2 Å². The number of rotatable bonds is 48. The number of nitrogens with one attached hydrogen (secondary N) is 1. The van der Waals surface area contributed by atoms with Crippen LogP contribution in [0.15, 0.2) is 109 Å². The van der Waals surface area contributed by atoms with E-state index in [1.807, 2.05) is 6.08 Å². The molecule has 0 rings (SSSR count). The summed E-state index contributed by atoms with van der Waals surface area (Å²) in [4.78, 5) is 26.1. The number of esters is 1. The first kappa shape index (κ1) is 63.5. The van der Waals surface area contributed by atoms with E-state index in [1.165, 1.54) is 116 Å². The second-order valence-electron chi connectivity index (χ2n) is 18.2. The number of carbonyl (C=O) groups excluding carboxylic acids is 2. The van der Waals surface area contributed by atoms with E-state index in [9.17, 15) is 19.8 Å². The molecule has 0 aliphatic carbocycles. The van der Waals surface area contributed by atoms with Crippen molar-refractivity contribution in [2.75, 3.05) is 6.61 Å². The summed E-state index contributed by atoms with van der Waals surface area (Å²) < 4.78 is 5.80. The van der Waals surface area contributed by atoms with Gasteiger partial charge in [-0.1, -0.05) is 246 Å². The fourth-order valence-electron chi connectivity index (χ4n) is 7.68. The Bertz CT molecular complexity index is 1370. The van der Waals surface area contributed by atoms with Crippen LogP contribution in [-0.2, 0) is 14.3 Å². The maximum atomic E-state index is 13.2. The zero-order valence-corrected chi connectivity index (χ0v) is 43.5. The van der Waals surface area contributed by atoms with E-state index in [2.05, 4.69) is 123 Å². The lowest BCUT2D eigenvalue weighted by atomic mass is 10.0. The Morgan fingerprint density at radius 1 is 0.463 bits per heavy atom. The first-order valence-corrected chi connectivity index (χ1v) is 27.6. The third kappa shape index (κ3) is 48.8. The molecule has 3 N–H and O–H groups in total. The van der Waals surface area contributed by atoms with Gasteiger partial charge in [-0.3, -0.25) is 9.59 Å². The number of amides is 1. The fourth-order valence-corrected chi connectivity index (χ4v) is 7.68. The van der Waals surface area contributed by atoms with Crippen molar-refractivity contribution >= 4 is 11.9 Å². The Balaban J connectivity index is 4.75. The van der Waals surface area contributed by atoms with Gasteiger partial charge >= 0.3 is 5.97 Å². The molecular formula is C61H103NO5. The third-order valence-electron chi connectivity index (χ3n) is 11.8. The highest BCUT2D eigenvalue weighted by molar-refractivity contribution is 5.78. The molecule has 0 heterocycles. The molecule has 0 radical (unpaired) electrons. The summed E-state index contributed by atoms with van der Waals surface area (Å²) in [5.74, 6) is -0.702. The number of aliphatic hydroxyl groups is 2. The smallest absolute Gasteiger partial charge is 0.306 e. The van der Waals surface area contributed by atoms with Crippen molar-refractivity contribution in [3.8, 4) is 0 Å². The standard InChI is InChI=1S/C61H103NO5/c1-4-7-10-13-16-19-22-25-28-30-32-35-38-41-44-47-50-53-59(64)58(56-63)62-60(65)55-57(52-49-46-43-40-37-34-27-24-21-18-15-12-9-6-3)67-61(66)54-51-48-45-42-39-36-33-31-29-26-23-20-17-14-11-8-5-2/h9,12,17-18,20-21,26-27,29,33-34,36,40,42-43,45,49,52,57-59,63-64H,4-8,10-11,13-16,19,22-25,28,30-32,35,37-39,41,44,46-48,50-51,53-56H2,1-3H3,(H,62,65)/b12-9+,20-17-,21-18+,29-26-,34-27+,36-33-,43-40+,45-42-,52-49+. The minimum Gasteiger partial charge on any atom is -0.458 e. The van der Waals surface area contributed by atoms with Gasteiger partial charge in [0.1, 0.15) is 6.10 Å². The molecule has 382 valence electrons. The molecule has 3 unspecified atom stereocenters. The van der Waals surface area contributed by atoms with Crippen molar-refractivity contribution in [1.29, 1.82) is 0 Å². The molecule has 0 aromatic carbocycles. The molecule has 0 aromatic rings. The maximum absolute atomic E-state index is 13.2. The summed E-state index contributed by atoms with van der Waals surface area (Å²) in [6.45, 7) is 6.30. The van der Waals surface area contributed by atoms with Gasteiger partial charge in [-0.2, -0.15) is 0 Å². The lowest BCUT2D eigenvalue weighted by Gasteiger charge is -2.23. The summed E-state index contributed by atoms with van der Waals surface area (Å²) >= 11 is 0. The first-order chi connectivity index (χ1) is 33.0. The molecule has 0 spiro atoms. The van der Waals surface area contributed by atoms with Crippen LogP contribution in [0.3, 0.4) is 0 Å². The van der Waals surface area contributed by atoms with Crippen molar-refractivity contribution in [3.05, 3.63) is 109 Å². The fraction of sp³-hybridized carbons (Fsp3) is 0.672. The highest BCUT2D eigenvalue weighted by Gasteiger charge is 2.23. The lowest BCUT2D eigenvalue weighted by Crippen LogP contribution is -2.46. The lowest BCUT2D eigenvalue weighted by molar-refractivity contribution is -0.148. The molecule has 0 saturated carbocycles. The zero-order valence-electron chi connectivity index (χ0n) is 43.5. The van der Waals surface area contributed by atoms with E-state index >= 15 is 0 Å². The molecule has 3 atom stereocenters. The van der Waals surface area contributed by atoms with Crippen molar-refractivity contribution in [2.24, 2.45) is 0 Å². The summed E-state index contributed by atoms with van der Waals surface area (Å²) in [6.07, 6.45) is 73.3. The van der Waals surface area contributed by atoms with Crippen LogP contribution in [0.4, 0.5) is 0 Å². The molecule has 6 heteroatoms. The molecule has 1 amide bonds. The van der Waals surface area contributed by atoms with Crippen molar-refractivity contribution in [3.63, 3.8) is 0 Å². The average molecular weight is 930 g/mol. The zero-order chi connectivity index (χ0) is 48.8. The Hall–Kier alpha value is -3.48. The van der Waals surface area contributed by atoms with Crippen LogP contribution in [0.1, 0.15) is 239 Å². The number of ether oxygens (including phenoxy) is 1. The van der Waals surface area contributed by atoms with E-state index in [4.69, 9.17) is 4.74 Å². The SMILES string of the molecule is CC/C=C/C/C=C/C/C=C/C/C=C/C/C=C/C(CC(=O)NC(CO)C(O)CCCCCCCCCCCCCCCCCCC)OC(=O)CCC/C=C\C/C=C\C/C=C\C/C=C\CCCCC. The highest BCUT2D eigenvalue weighted by Crippen LogP contribution is 2.16. The van der Waals surface area contributed by atoms with Gasteiger partial charge in [0.25, 0.3) is 0 Å². The number of hydrogen-bond donors (Lipinski definition) is 3. The van der Waals surface area contributed by atoms with Gasteiger partial charge in [-0.05, 0) is 89.5 Å². The monoisotopic (exact) mass is 930 g/mol. The summed E-state index contributed by atoms with van der Waals surface area (Å²) in [5, 5.41) is 23.8. The second kappa shape index (κ2) is 53.5. The molecule has 0 fully saturated rings. The van der Waals surface area contributed by atoms with Crippen LogP contribution in [0.25, 0.3) is 0 Å². The molecule has 67 heavy (non-hydrogen) atoms. The van der Waals surface area contributed by atoms with Crippen LogP contribution in [0.5, 0.6) is 0 Å². The summed E-state index contributed by atoms with van der Waals surface area (Å²) in [7, 11) is 0. The first-order valence-electron chi connectivity index (χ1n) is 27.6. The largest absolute Gasteiger partial charge is 0.458 e. The third-order valence-corrected chi connectivity index (χ3v) is 11.8. The number of hydrogen-bond acceptors (Lipinski definition) is 5. The van der Waals surface area contributed by atoms with Crippen LogP contribution < -0.4 is 5.32 Å². The predicted octanol–water partition coefficient (Wildman–Crippen LogP) is 17.1. The number of allylic oxidation sites excluding steroid dienone is 17. The van der Waals surface area contributed by atoms with Crippen LogP contribution >= 0.6 is 0 Å². The minimum atomic E-state index is -0.835. The van der Waals surface area contributed by atoms with E-state index in [0.29, 0.717) is 19.3 Å². The Labute approximate surface area is 413 Å². The van der Waals surface area contributed by atoms with Gasteiger partial charge in [0, 0.05) is 6.42 Å².